The number of hydrogen-bond acceptors (Lipinski definition) is 0. The van der Waals surface area contributed by atoms with Gasteiger partial charge in [-0.15, -0.1) is 0 Å². The van der Waals surface area contributed by atoms with Gasteiger partial charge < -0.3 is 0 Å². The fourth-order valence-electron chi connectivity index (χ4n) is 2.71. The van der Waals surface area contributed by atoms with Crippen molar-refractivity contribution in [2.24, 2.45) is 0 Å². The van der Waals surface area contributed by atoms with Crippen LogP contribution in [-0.4, -0.2) is 14.5 Å². The molecule has 0 atom stereocenters. The number of rotatable bonds is 1. The van der Waals surface area contributed by atoms with Gasteiger partial charge in [0.1, 0.15) is 0 Å². The standard InChI is InChI=1S/C19H14Se/c1-13-9-11-14(12-10-13)15-6-4-7-17-16-5-2-3-8-18(16)20-19(15)17/h2-12H,1H3. The number of benzene rings is 3. The molecule has 1 heteroatoms. The van der Waals surface area contributed by atoms with Crippen molar-refractivity contribution in [3.63, 3.8) is 0 Å². The van der Waals surface area contributed by atoms with Gasteiger partial charge in [0.05, 0.1) is 0 Å². The van der Waals surface area contributed by atoms with E-state index in [2.05, 4.69) is 73.7 Å². The second kappa shape index (κ2) is 4.63. The Morgan fingerprint density at radius 1 is 0.700 bits per heavy atom. The van der Waals surface area contributed by atoms with Crippen LogP contribution in [-0.2, 0) is 0 Å². The summed E-state index contributed by atoms with van der Waals surface area (Å²) in [5.74, 6) is 0. The molecule has 4 aromatic rings. The third kappa shape index (κ3) is 1.83. The van der Waals surface area contributed by atoms with E-state index in [0.29, 0.717) is 14.5 Å². The molecule has 0 radical (unpaired) electrons. The summed E-state index contributed by atoms with van der Waals surface area (Å²) < 4.78 is 3.04. The molecular formula is C19H14Se. The van der Waals surface area contributed by atoms with Crippen LogP contribution in [0.5, 0.6) is 0 Å². The third-order valence-electron chi connectivity index (χ3n) is 3.77. The Labute approximate surface area is 124 Å². The van der Waals surface area contributed by atoms with E-state index in [0.717, 1.165) is 0 Å². The van der Waals surface area contributed by atoms with Crippen LogP contribution in [0.15, 0.2) is 66.7 Å². The summed E-state index contributed by atoms with van der Waals surface area (Å²) in [6.07, 6.45) is 0. The molecule has 0 bridgehead atoms. The van der Waals surface area contributed by atoms with Gasteiger partial charge >= 0.3 is 124 Å². The van der Waals surface area contributed by atoms with Crippen LogP contribution in [0.4, 0.5) is 0 Å². The molecule has 0 aliphatic rings. The summed E-state index contributed by atoms with van der Waals surface area (Å²) in [7, 11) is 0. The van der Waals surface area contributed by atoms with E-state index in [4.69, 9.17) is 0 Å². The molecule has 0 fully saturated rings. The van der Waals surface area contributed by atoms with Gasteiger partial charge in [0.2, 0.25) is 0 Å². The third-order valence-corrected chi connectivity index (χ3v) is 6.33. The SMILES string of the molecule is Cc1ccc(-c2cccc3c2[se]c2ccccc23)cc1. The monoisotopic (exact) mass is 322 g/mol. The molecule has 0 unspecified atom stereocenters. The van der Waals surface area contributed by atoms with Crippen LogP contribution >= 0.6 is 0 Å². The van der Waals surface area contributed by atoms with Crippen LogP contribution in [0.2, 0.25) is 0 Å². The molecule has 0 nitrogen and oxygen atoms in total. The summed E-state index contributed by atoms with van der Waals surface area (Å²) >= 11 is 0.424. The first-order chi connectivity index (χ1) is 9.83. The number of fused-ring (bicyclic) bond motifs is 3. The molecule has 0 aliphatic heterocycles. The van der Waals surface area contributed by atoms with Crippen molar-refractivity contribution in [3.05, 3.63) is 72.3 Å². The fourth-order valence-corrected chi connectivity index (χ4v) is 5.31. The Kier molecular flexibility index (Phi) is 2.77. The van der Waals surface area contributed by atoms with Crippen LogP contribution in [0.25, 0.3) is 30.4 Å². The van der Waals surface area contributed by atoms with E-state index < -0.39 is 0 Å². The molecule has 0 saturated heterocycles. The van der Waals surface area contributed by atoms with Crippen molar-refractivity contribution >= 4 is 33.8 Å². The Hall–Kier alpha value is -1.82. The molecule has 0 N–H and O–H groups in total. The molecule has 3 aromatic carbocycles. The van der Waals surface area contributed by atoms with E-state index in [9.17, 15) is 0 Å². The van der Waals surface area contributed by atoms with Crippen molar-refractivity contribution in [1.29, 1.82) is 0 Å². The fraction of sp³-hybridized carbons (Fsp3) is 0.0526. The quantitative estimate of drug-likeness (QED) is 0.432. The summed E-state index contributed by atoms with van der Waals surface area (Å²) in [6, 6.07) is 24.4. The van der Waals surface area contributed by atoms with Gasteiger partial charge in [-0.05, 0) is 0 Å². The van der Waals surface area contributed by atoms with Gasteiger partial charge in [-0.2, -0.15) is 0 Å². The first-order valence-corrected chi connectivity index (χ1v) is 8.51. The second-order valence-electron chi connectivity index (χ2n) is 5.15. The van der Waals surface area contributed by atoms with Crippen LogP contribution < -0.4 is 0 Å². The molecule has 4 rings (SSSR count). The van der Waals surface area contributed by atoms with Gasteiger partial charge in [-0.25, -0.2) is 0 Å². The zero-order valence-electron chi connectivity index (χ0n) is 11.3. The summed E-state index contributed by atoms with van der Waals surface area (Å²) in [6.45, 7) is 2.14. The first kappa shape index (κ1) is 12.0. The normalized spacial score (nSPS) is 11.2. The molecule has 96 valence electrons. The summed E-state index contributed by atoms with van der Waals surface area (Å²) in [5, 5.41) is 2.86. The van der Waals surface area contributed by atoms with Gasteiger partial charge in [0, 0.05) is 0 Å². The minimum absolute atomic E-state index is 0.424. The van der Waals surface area contributed by atoms with Crippen molar-refractivity contribution < 1.29 is 0 Å². The topological polar surface area (TPSA) is 0 Å². The van der Waals surface area contributed by atoms with E-state index >= 15 is 0 Å². The molecule has 0 spiro atoms. The molecular weight excluding hydrogens is 307 g/mol. The maximum atomic E-state index is 2.27. The first-order valence-electron chi connectivity index (χ1n) is 6.80. The Bertz CT molecular complexity index is 898. The Balaban J connectivity index is 2.07. The average Bonchev–Trinajstić information content (AvgIpc) is 2.87. The molecule has 1 heterocycles. The predicted molar refractivity (Wildman–Crippen MR) is 88.6 cm³/mol. The maximum absolute atomic E-state index is 2.27. The van der Waals surface area contributed by atoms with E-state index in [-0.39, 0.29) is 0 Å². The van der Waals surface area contributed by atoms with Crippen molar-refractivity contribution in [2.45, 2.75) is 6.92 Å². The number of aryl methyl sites for hydroxylation is 1. The molecule has 1 aromatic heterocycles. The Morgan fingerprint density at radius 3 is 2.30 bits per heavy atom. The van der Waals surface area contributed by atoms with Crippen LogP contribution in [0.1, 0.15) is 5.56 Å². The van der Waals surface area contributed by atoms with E-state index in [1.165, 1.54) is 36.0 Å². The predicted octanol–water partition coefficient (Wildman–Crippen LogP) is 5.03. The van der Waals surface area contributed by atoms with E-state index in [1.54, 1.807) is 0 Å². The zero-order chi connectivity index (χ0) is 13.5. The average molecular weight is 321 g/mol. The molecule has 20 heavy (non-hydrogen) atoms. The second-order valence-corrected chi connectivity index (χ2v) is 7.35. The van der Waals surface area contributed by atoms with Gasteiger partial charge in [-0.1, -0.05) is 0 Å². The van der Waals surface area contributed by atoms with Crippen molar-refractivity contribution in [3.8, 4) is 11.1 Å². The molecule has 0 aliphatic carbocycles. The molecule has 0 saturated carbocycles. The minimum atomic E-state index is 0.424. The zero-order valence-corrected chi connectivity index (χ0v) is 13.0. The van der Waals surface area contributed by atoms with Crippen molar-refractivity contribution in [2.75, 3.05) is 0 Å². The summed E-state index contributed by atoms with van der Waals surface area (Å²) in [5.41, 5.74) is 4.05. The van der Waals surface area contributed by atoms with Gasteiger partial charge in [-0.3, -0.25) is 0 Å². The van der Waals surface area contributed by atoms with Crippen LogP contribution in [0.3, 0.4) is 0 Å². The van der Waals surface area contributed by atoms with Crippen LogP contribution in [0, 0.1) is 6.92 Å². The van der Waals surface area contributed by atoms with Gasteiger partial charge in [0.25, 0.3) is 0 Å². The van der Waals surface area contributed by atoms with E-state index in [1.807, 2.05) is 0 Å². The molecule has 0 amide bonds. The van der Waals surface area contributed by atoms with Gasteiger partial charge in [0.15, 0.2) is 0 Å². The Morgan fingerprint density at radius 2 is 1.45 bits per heavy atom. The summed E-state index contributed by atoms with van der Waals surface area (Å²) in [4.78, 5) is 0. The van der Waals surface area contributed by atoms with Crippen molar-refractivity contribution in [1.82, 2.24) is 0 Å². The number of hydrogen-bond donors (Lipinski definition) is 0.